The summed E-state index contributed by atoms with van der Waals surface area (Å²) in [5.74, 6) is 0. The van der Waals surface area contributed by atoms with Crippen LogP contribution in [0.3, 0.4) is 0 Å². The van der Waals surface area contributed by atoms with Gasteiger partial charge in [-0.15, -0.1) is 0 Å². The van der Waals surface area contributed by atoms with E-state index in [4.69, 9.17) is 5.26 Å². The number of benzene rings is 1. The maximum Gasteiger partial charge on any atom is 0.417 e. The van der Waals surface area contributed by atoms with Crippen LogP contribution in [0.2, 0.25) is 0 Å². The topological polar surface area (TPSA) is 35.8 Å². The molecule has 2 rings (SSSR count). The summed E-state index contributed by atoms with van der Waals surface area (Å²) < 4.78 is 37.6. The molecule has 0 bridgehead atoms. The smallest absolute Gasteiger partial charge is 0.382 e. The zero-order valence-electron chi connectivity index (χ0n) is 9.01. The lowest BCUT2D eigenvalue weighted by molar-refractivity contribution is -0.137. The van der Waals surface area contributed by atoms with E-state index in [1.807, 2.05) is 0 Å². The number of nitrogens with one attached hydrogen (secondary N) is 1. The van der Waals surface area contributed by atoms with Crippen molar-refractivity contribution in [3.63, 3.8) is 0 Å². The van der Waals surface area contributed by atoms with Crippen molar-refractivity contribution >= 4 is 5.69 Å². The van der Waals surface area contributed by atoms with Gasteiger partial charge in [0.1, 0.15) is 0 Å². The fraction of sp³-hybridized carbons (Fsp3) is 0.417. The molecule has 1 N–H and O–H groups in total. The van der Waals surface area contributed by atoms with Crippen molar-refractivity contribution in [2.75, 3.05) is 5.32 Å². The molecule has 1 aromatic rings. The number of rotatable bonds is 2. The normalized spacial score (nSPS) is 16.1. The highest BCUT2D eigenvalue weighted by atomic mass is 19.4. The molecule has 0 unspecified atom stereocenters. The number of hydrogen-bond acceptors (Lipinski definition) is 2. The molecule has 1 aliphatic rings. The molecule has 0 aliphatic heterocycles. The molecule has 0 radical (unpaired) electrons. The summed E-state index contributed by atoms with van der Waals surface area (Å²) in [7, 11) is 0. The van der Waals surface area contributed by atoms with E-state index in [0.717, 1.165) is 25.3 Å². The van der Waals surface area contributed by atoms with E-state index in [1.54, 1.807) is 6.07 Å². The Hall–Kier alpha value is -1.70. The lowest BCUT2D eigenvalue weighted by Crippen LogP contribution is -2.27. The van der Waals surface area contributed by atoms with Crippen LogP contribution in [-0.4, -0.2) is 6.04 Å². The lowest BCUT2D eigenvalue weighted by atomic mass is 9.93. The molecule has 0 atom stereocenters. The monoisotopic (exact) mass is 240 g/mol. The van der Waals surface area contributed by atoms with Crippen LogP contribution in [0.4, 0.5) is 18.9 Å². The van der Waals surface area contributed by atoms with E-state index in [9.17, 15) is 13.2 Å². The minimum atomic E-state index is -4.47. The van der Waals surface area contributed by atoms with Crippen LogP contribution in [0.25, 0.3) is 0 Å². The van der Waals surface area contributed by atoms with Crippen molar-refractivity contribution in [1.29, 1.82) is 5.26 Å². The van der Waals surface area contributed by atoms with Crippen LogP contribution in [0.5, 0.6) is 0 Å². The summed E-state index contributed by atoms with van der Waals surface area (Å²) in [6.45, 7) is 0. The molecule has 2 nitrogen and oxygen atoms in total. The third-order valence-corrected chi connectivity index (χ3v) is 2.92. The van der Waals surface area contributed by atoms with Crippen LogP contribution in [0.15, 0.2) is 18.2 Å². The quantitative estimate of drug-likeness (QED) is 0.858. The van der Waals surface area contributed by atoms with E-state index < -0.39 is 11.7 Å². The molecule has 1 aliphatic carbocycles. The van der Waals surface area contributed by atoms with Gasteiger partial charge < -0.3 is 5.32 Å². The van der Waals surface area contributed by atoms with Gasteiger partial charge in [0.2, 0.25) is 0 Å². The second-order valence-electron chi connectivity index (χ2n) is 4.14. The minimum absolute atomic E-state index is 0.332. The minimum Gasteiger partial charge on any atom is -0.382 e. The fourth-order valence-corrected chi connectivity index (χ4v) is 1.76. The molecule has 0 saturated heterocycles. The maximum absolute atomic E-state index is 12.5. The van der Waals surface area contributed by atoms with Crippen LogP contribution in [-0.2, 0) is 6.18 Å². The average molecular weight is 240 g/mol. The van der Waals surface area contributed by atoms with Gasteiger partial charge in [0.15, 0.2) is 0 Å². The molecular weight excluding hydrogens is 229 g/mol. The lowest BCUT2D eigenvalue weighted by Gasteiger charge is -2.27. The van der Waals surface area contributed by atoms with Gasteiger partial charge in [-0.25, -0.2) is 0 Å². The second kappa shape index (κ2) is 4.28. The summed E-state index contributed by atoms with van der Waals surface area (Å²) in [5, 5.41) is 11.8. The Bertz CT molecular complexity index is 456. The Labute approximate surface area is 97.1 Å². The second-order valence-corrected chi connectivity index (χ2v) is 4.14. The van der Waals surface area contributed by atoms with Crippen molar-refractivity contribution in [3.8, 4) is 6.07 Å². The summed E-state index contributed by atoms with van der Waals surface area (Å²) >= 11 is 0. The van der Waals surface area contributed by atoms with E-state index >= 15 is 0 Å². The zero-order valence-corrected chi connectivity index (χ0v) is 9.01. The van der Waals surface area contributed by atoms with Crippen molar-refractivity contribution in [1.82, 2.24) is 0 Å². The predicted molar refractivity (Wildman–Crippen MR) is 57.4 cm³/mol. The van der Waals surface area contributed by atoms with E-state index in [0.29, 0.717) is 11.7 Å². The molecule has 0 heterocycles. The Balaban J connectivity index is 2.25. The van der Waals surface area contributed by atoms with Crippen LogP contribution in [0.1, 0.15) is 30.4 Å². The SMILES string of the molecule is N#Cc1cc(NC2CCC2)ccc1C(F)(F)F. The average Bonchev–Trinajstić information content (AvgIpc) is 2.21. The third-order valence-electron chi connectivity index (χ3n) is 2.92. The first kappa shape index (κ1) is 11.8. The fourth-order valence-electron chi connectivity index (χ4n) is 1.76. The number of anilines is 1. The van der Waals surface area contributed by atoms with Crippen molar-refractivity contribution in [3.05, 3.63) is 29.3 Å². The maximum atomic E-state index is 12.5. The van der Waals surface area contributed by atoms with Gasteiger partial charge in [-0.1, -0.05) is 0 Å². The van der Waals surface area contributed by atoms with Gasteiger partial charge in [-0.2, -0.15) is 18.4 Å². The first-order valence-corrected chi connectivity index (χ1v) is 5.38. The highest BCUT2D eigenvalue weighted by molar-refractivity contribution is 5.54. The summed E-state index contributed by atoms with van der Waals surface area (Å²) in [6, 6.07) is 5.52. The molecule has 0 aromatic heterocycles. The first-order valence-electron chi connectivity index (χ1n) is 5.38. The van der Waals surface area contributed by atoms with E-state index in [2.05, 4.69) is 5.32 Å². The Morgan fingerprint density at radius 1 is 1.29 bits per heavy atom. The van der Waals surface area contributed by atoms with E-state index in [1.165, 1.54) is 12.1 Å². The summed E-state index contributed by atoms with van der Waals surface area (Å²) in [6.07, 6.45) is -1.27. The predicted octanol–water partition coefficient (Wildman–Crippen LogP) is 3.54. The van der Waals surface area contributed by atoms with Gasteiger partial charge in [-0.05, 0) is 37.5 Å². The Kier molecular flexibility index (Phi) is 2.97. The highest BCUT2D eigenvalue weighted by Gasteiger charge is 2.33. The molecule has 1 aromatic carbocycles. The van der Waals surface area contributed by atoms with Crippen LogP contribution >= 0.6 is 0 Å². The van der Waals surface area contributed by atoms with Crippen molar-refractivity contribution in [2.24, 2.45) is 0 Å². The zero-order chi connectivity index (χ0) is 12.5. The standard InChI is InChI=1S/C12H11F3N2/c13-12(14,15)11-5-4-10(6-8(11)7-16)17-9-2-1-3-9/h4-6,9,17H,1-3H2. The third kappa shape index (κ3) is 2.52. The molecule has 90 valence electrons. The summed E-state index contributed by atoms with van der Waals surface area (Å²) in [4.78, 5) is 0. The van der Waals surface area contributed by atoms with Gasteiger partial charge >= 0.3 is 6.18 Å². The molecule has 0 spiro atoms. The Morgan fingerprint density at radius 3 is 2.47 bits per heavy atom. The largest absolute Gasteiger partial charge is 0.417 e. The number of halogens is 3. The van der Waals surface area contributed by atoms with Crippen LogP contribution in [0, 0.1) is 11.3 Å². The van der Waals surface area contributed by atoms with E-state index in [-0.39, 0.29) is 5.56 Å². The van der Waals surface area contributed by atoms with Crippen molar-refractivity contribution in [2.45, 2.75) is 31.5 Å². The number of hydrogen-bond donors (Lipinski definition) is 1. The van der Waals surface area contributed by atoms with Gasteiger partial charge in [0, 0.05) is 11.7 Å². The first-order chi connectivity index (χ1) is 8.00. The molecule has 1 fully saturated rings. The summed E-state index contributed by atoms with van der Waals surface area (Å²) in [5.41, 5.74) is -0.625. The van der Waals surface area contributed by atoms with Gasteiger partial charge in [-0.3, -0.25) is 0 Å². The number of nitrogens with zero attached hydrogens (tertiary/aromatic N) is 1. The molecule has 1 saturated carbocycles. The Morgan fingerprint density at radius 2 is 2.00 bits per heavy atom. The van der Waals surface area contributed by atoms with Crippen molar-refractivity contribution < 1.29 is 13.2 Å². The molecule has 17 heavy (non-hydrogen) atoms. The number of alkyl halides is 3. The number of nitriles is 1. The van der Waals surface area contributed by atoms with Crippen LogP contribution < -0.4 is 5.32 Å². The molecular formula is C12H11F3N2. The van der Waals surface area contributed by atoms with Gasteiger partial charge in [0.25, 0.3) is 0 Å². The molecule has 0 amide bonds. The highest BCUT2D eigenvalue weighted by Crippen LogP contribution is 2.33. The van der Waals surface area contributed by atoms with Gasteiger partial charge in [0.05, 0.1) is 17.2 Å². The molecule has 5 heteroatoms.